The second-order valence-corrected chi connectivity index (χ2v) is 3.24. The number of nitrogens with zero attached hydrogens (tertiary/aromatic N) is 1. The Hall–Kier alpha value is 0.440. The third kappa shape index (κ3) is 3.44. The maximum absolute atomic E-state index is 3.53. The quantitative estimate of drug-likeness (QED) is 0.474. The van der Waals surface area contributed by atoms with E-state index in [0.29, 0.717) is 4.95 Å². The smallest absolute Gasteiger partial charge is 0.0650 e. The molecule has 1 unspecified atom stereocenters. The van der Waals surface area contributed by atoms with Gasteiger partial charge in [-0.2, -0.15) is 0 Å². The second kappa shape index (κ2) is 4.33. The summed E-state index contributed by atoms with van der Waals surface area (Å²) in [6.07, 6.45) is 2.47. The van der Waals surface area contributed by atoms with Gasteiger partial charge < -0.3 is 0 Å². The van der Waals surface area contributed by atoms with Gasteiger partial charge in [0.2, 0.25) is 0 Å². The number of halogens is 1. The lowest BCUT2D eigenvalue weighted by molar-refractivity contribution is 0.372. The summed E-state index contributed by atoms with van der Waals surface area (Å²) < 4.78 is 0. The summed E-state index contributed by atoms with van der Waals surface area (Å²) in [7, 11) is 4.16. The zero-order valence-electron chi connectivity index (χ0n) is 5.82. The van der Waals surface area contributed by atoms with Crippen LogP contribution in [0.15, 0.2) is 0 Å². The summed E-state index contributed by atoms with van der Waals surface area (Å²) in [5.41, 5.74) is 0. The first-order chi connectivity index (χ1) is 3.68. The Morgan fingerprint density at radius 2 is 2.00 bits per heavy atom. The van der Waals surface area contributed by atoms with Crippen LogP contribution in [-0.2, 0) is 0 Å². The molecule has 1 atom stereocenters. The fourth-order valence-electron chi connectivity index (χ4n) is 0.496. The van der Waals surface area contributed by atoms with Crippen molar-refractivity contribution in [2.45, 2.75) is 24.7 Å². The normalized spacial score (nSPS) is 14.6. The minimum Gasteiger partial charge on any atom is -0.297 e. The van der Waals surface area contributed by atoms with Crippen molar-refractivity contribution in [1.82, 2.24) is 4.90 Å². The molecule has 0 aliphatic carbocycles. The van der Waals surface area contributed by atoms with E-state index in [1.165, 1.54) is 12.8 Å². The van der Waals surface area contributed by atoms with E-state index in [1.807, 2.05) is 0 Å². The second-order valence-electron chi connectivity index (χ2n) is 2.19. The van der Waals surface area contributed by atoms with Gasteiger partial charge in [0.1, 0.15) is 0 Å². The molecule has 0 aliphatic heterocycles. The summed E-state index contributed by atoms with van der Waals surface area (Å²) in [5.74, 6) is 0. The van der Waals surface area contributed by atoms with Crippen LogP contribution in [0.1, 0.15) is 19.8 Å². The minimum absolute atomic E-state index is 0.562. The summed E-state index contributed by atoms with van der Waals surface area (Å²) in [5, 5.41) is 0. The molecule has 2 heteroatoms. The lowest BCUT2D eigenvalue weighted by Crippen LogP contribution is -2.20. The Morgan fingerprint density at radius 1 is 1.50 bits per heavy atom. The van der Waals surface area contributed by atoms with Gasteiger partial charge in [0, 0.05) is 0 Å². The van der Waals surface area contributed by atoms with Crippen LogP contribution in [0, 0.1) is 0 Å². The fourth-order valence-corrected chi connectivity index (χ4v) is 0.954. The van der Waals surface area contributed by atoms with E-state index in [-0.39, 0.29) is 0 Å². The predicted octanol–water partition coefficient (Wildman–Crippen LogP) is 2.07. The van der Waals surface area contributed by atoms with Gasteiger partial charge >= 0.3 is 0 Å². The van der Waals surface area contributed by atoms with Crippen LogP contribution >= 0.6 is 15.9 Å². The fraction of sp³-hybridized carbons (Fsp3) is 1.00. The van der Waals surface area contributed by atoms with Crippen molar-refractivity contribution in [3.8, 4) is 0 Å². The van der Waals surface area contributed by atoms with Gasteiger partial charge in [0.25, 0.3) is 0 Å². The highest BCUT2D eigenvalue weighted by molar-refractivity contribution is 9.09. The molecule has 0 aromatic rings. The molecule has 0 bridgehead atoms. The highest BCUT2D eigenvalue weighted by Crippen LogP contribution is 2.08. The Bertz CT molecular complexity index is 54.5. The average Bonchev–Trinajstić information content (AvgIpc) is 1.67. The molecule has 8 heavy (non-hydrogen) atoms. The van der Waals surface area contributed by atoms with Crippen LogP contribution in [0.25, 0.3) is 0 Å². The van der Waals surface area contributed by atoms with Crippen LogP contribution in [-0.4, -0.2) is 23.9 Å². The van der Waals surface area contributed by atoms with Crippen molar-refractivity contribution in [2.75, 3.05) is 14.1 Å². The van der Waals surface area contributed by atoms with Gasteiger partial charge in [-0.05, 0) is 20.5 Å². The molecule has 1 nitrogen and oxygen atoms in total. The highest BCUT2D eigenvalue weighted by atomic mass is 79.9. The maximum atomic E-state index is 3.53. The molecular weight excluding hydrogens is 166 g/mol. The topological polar surface area (TPSA) is 3.24 Å². The number of hydrogen-bond acceptors (Lipinski definition) is 1. The van der Waals surface area contributed by atoms with Crippen molar-refractivity contribution >= 4 is 15.9 Å². The molecule has 0 amide bonds. The van der Waals surface area contributed by atoms with E-state index in [4.69, 9.17) is 0 Å². The molecule has 0 aromatic heterocycles. The predicted molar refractivity (Wildman–Crippen MR) is 41.3 cm³/mol. The first-order valence-electron chi connectivity index (χ1n) is 2.99. The number of alkyl halides is 1. The molecule has 0 fully saturated rings. The Morgan fingerprint density at radius 3 is 2.12 bits per heavy atom. The molecule has 0 heterocycles. The zero-order valence-corrected chi connectivity index (χ0v) is 7.40. The van der Waals surface area contributed by atoms with E-state index >= 15 is 0 Å². The van der Waals surface area contributed by atoms with Gasteiger partial charge in [0.05, 0.1) is 4.95 Å². The summed E-state index contributed by atoms with van der Waals surface area (Å²) in [6.45, 7) is 2.19. The molecule has 0 aliphatic rings. The van der Waals surface area contributed by atoms with E-state index in [9.17, 15) is 0 Å². The molecule has 0 saturated heterocycles. The van der Waals surface area contributed by atoms with Gasteiger partial charge in [-0.1, -0.05) is 29.3 Å². The molecule has 0 rings (SSSR count). The third-order valence-corrected chi connectivity index (χ3v) is 2.36. The summed E-state index contributed by atoms with van der Waals surface area (Å²) >= 11 is 3.53. The van der Waals surface area contributed by atoms with Gasteiger partial charge in [-0.15, -0.1) is 0 Å². The molecule has 0 saturated carbocycles. The molecule has 50 valence electrons. The highest BCUT2D eigenvalue weighted by Gasteiger charge is 2.02. The van der Waals surface area contributed by atoms with E-state index in [0.717, 1.165) is 0 Å². The monoisotopic (exact) mass is 179 g/mol. The standard InChI is InChI=1S/C6H14BrN/c1-4-5-6(7)8(2)3/h6H,4-5H2,1-3H3. The van der Waals surface area contributed by atoms with Crippen LogP contribution < -0.4 is 0 Å². The third-order valence-electron chi connectivity index (χ3n) is 1.09. The first-order valence-corrected chi connectivity index (χ1v) is 3.90. The van der Waals surface area contributed by atoms with Gasteiger partial charge in [0.15, 0.2) is 0 Å². The van der Waals surface area contributed by atoms with E-state index in [1.54, 1.807) is 0 Å². The summed E-state index contributed by atoms with van der Waals surface area (Å²) in [6, 6.07) is 0. The molecule has 0 aromatic carbocycles. The number of rotatable bonds is 3. The van der Waals surface area contributed by atoms with Crippen LogP contribution in [0.3, 0.4) is 0 Å². The van der Waals surface area contributed by atoms with Crippen LogP contribution in [0.2, 0.25) is 0 Å². The largest absolute Gasteiger partial charge is 0.297 e. The Balaban J connectivity index is 3.17. The van der Waals surface area contributed by atoms with E-state index < -0.39 is 0 Å². The molecule has 0 N–H and O–H groups in total. The van der Waals surface area contributed by atoms with Crippen LogP contribution in [0.4, 0.5) is 0 Å². The molecular formula is C6H14BrN. The van der Waals surface area contributed by atoms with E-state index in [2.05, 4.69) is 41.8 Å². The van der Waals surface area contributed by atoms with Crippen molar-refractivity contribution < 1.29 is 0 Å². The van der Waals surface area contributed by atoms with Crippen molar-refractivity contribution in [2.24, 2.45) is 0 Å². The lowest BCUT2D eigenvalue weighted by Gasteiger charge is -2.15. The van der Waals surface area contributed by atoms with Gasteiger partial charge in [-0.25, -0.2) is 0 Å². The van der Waals surface area contributed by atoms with Crippen molar-refractivity contribution in [3.05, 3.63) is 0 Å². The van der Waals surface area contributed by atoms with Crippen molar-refractivity contribution in [1.29, 1.82) is 0 Å². The Labute approximate surface area is 60.2 Å². The molecule has 0 radical (unpaired) electrons. The lowest BCUT2D eigenvalue weighted by atomic mass is 10.3. The van der Waals surface area contributed by atoms with Gasteiger partial charge in [-0.3, -0.25) is 4.90 Å². The summed E-state index contributed by atoms with van der Waals surface area (Å²) in [4.78, 5) is 2.73. The van der Waals surface area contributed by atoms with Crippen molar-refractivity contribution in [3.63, 3.8) is 0 Å². The molecule has 0 spiro atoms. The average molecular weight is 180 g/mol. The maximum Gasteiger partial charge on any atom is 0.0650 e. The minimum atomic E-state index is 0.562. The first kappa shape index (κ1) is 8.44. The zero-order chi connectivity index (χ0) is 6.57. The van der Waals surface area contributed by atoms with Crippen LogP contribution in [0.5, 0.6) is 0 Å². The SMILES string of the molecule is CCCC(Br)N(C)C. The Kier molecular flexibility index (Phi) is 4.57. The number of hydrogen-bond donors (Lipinski definition) is 0.